The van der Waals surface area contributed by atoms with Crippen LogP contribution in [-0.4, -0.2) is 19.6 Å². The fourth-order valence-corrected chi connectivity index (χ4v) is 1.86. The van der Waals surface area contributed by atoms with Crippen LogP contribution in [0.15, 0.2) is 29.3 Å². The van der Waals surface area contributed by atoms with Crippen molar-refractivity contribution in [3.63, 3.8) is 0 Å². The second-order valence-corrected chi connectivity index (χ2v) is 4.58. The molecule has 5 heteroatoms. The zero-order valence-electron chi connectivity index (χ0n) is 12.4. The summed E-state index contributed by atoms with van der Waals surface area (Å²) in [7, 11) is 1.73. The van der Waals surface area contributed by atoms with Crippen LogP contribution in [0.2, 0.25) is 0 Å². The third-order valence-electron chi connectivity index (χ3n) is 3.34. The molecule has 0 atom stereocenters. The van der Waals surface area contributed by atoms with Crippen molar-refractivity contribution in [2.24, 2.45) is 10.9 Å². The Hall–Kier alpha value is -0.850. The zero-order chi connectivity index (χ0) is 14.1. The lowest BCUT2D eigenvalue weighted by atomic mass is 10.0. The van der Waals surface area contributed by atoms with E-state index in [1.807, 2.05) is 6.07 Å². The van der Waals surface area contributed by atoms with E-state index in [9.17, 15) is 4.39 Å². The molecule has 0 amide bonds. The predicted molar refractivity (Wildman–Crippen MR) is 94.1 cm³/mol. The van der Waals surface area contributed by atoms with Crippen molar-refractivity contribution < 1.29 is 4.39 Å². The summed E-state index contributed by atoms with van der Waals surface area (Å²) in [6.07, 6.45) is 2.29. The summed E-state index contributed by atoms with van der Waals surface area (Å²) < 4.78 is 13.5. The molecule has 0 aliphatic carbocycles. The lowest BCUT2D eigenvalue weighted by Gasteiger charge is -2.16. The number of benzene rings is 1. The minimum absolute atomic E-state index is 0. The number of nitrogens with one attached hydrogen (secondary N) is 2. The van der Waals surface area contributed by atoms with Crippen molar-refractivity contribution in [3.05, 3.63) is 35.6 Å². The smallest absolute Gasteiger partial charge is 0.191 e. The molecule has 0 saturated heterocycles. The van der Waals surface area contributed by atoms with Crippen LogP contribution in [0, 0.1) is 11.7 Å². The van der Waals surface area contributed by atoms with E-state index in [1.165, 1.54) is 6.07 Å². The van der Waals surface area contributed by atoms with E-state index in [2.05, 4.69) is 29.5 Å². The van der Waals surface area contributed by atoms with Crippen LogP contribution >= 0.6 is 24.0 Å². The highest BCUT2D eigenvalue weighted by Crippen LogP contribution is 2.06. The third-order valence-corrected chi connectivity index (χ3v) is 3.34. The number of aliphatic imine (C=N–C) groups is 1. The number of guanidine groups is 1. The summed E-state index contributed by atoms with van der Waals surface area (Å²) in [5, 5.41) is 6.41. The Morgan fingerprint density at radius 3 is 2.40 bits per heavy atom. The number of hydrogen-bond acceptors (Lipinski definition) is 1. The lowest BCUT2D eigenvalue weighted by molar-refractivity contribution is 0.481. The van der Waals surface area contributed by atoms with Gasteiger partial charge in [0.25, 0.3) is 0 Å². The van der Waals surface area contributed by atoms with Gasteiger partial charge < -0.3 is 10.6 Å². The van der Waals surface area contributed by atoms with Gasteiger partial charge in [-0.05, 0) is 12.0 Å². The Bertz CT molecular complexity index is 406. The summed E-state index contributed by atoms with van der Waals surface area (Å²) in [5.74, 6) is 1.17. The minimum Gasteiger partial charge on any atom is -0.356 e. The van der Waals surface area contributed by atoms with Gasteiger partial charge in [0.15, 0.2) is 5.96 Å². The first-order valence-electron chi connectivity index (χ1n) is 6.89. The first-order valence-corrected chi connectivity index (χ1v) is 6.89. The van der Waals surface area contributed by atoms with E-state index in [0.717, 1.165) is 25.3 Å². The SMILES string of the molecule is CCC(CC)CNC(=NC)NCc1ccccc1F.I. The first kappa shape index (κ1) is 19.1. The van der Waals surface area contributed by atoms with Crippen molar-refractivity contribution >= 4 is 29.9 Å². The highest BCUT2D eigenvalue weighted by atomic mass is 127. The van der Waals surface area contributed by atoms with E-state index < -0.39 is 0 Å². The highest BCUT2D eigenvalue weighted by molar-refractivity contribution is 14.0. The molecule has 0 heterocycles. The van der Waals surface area contributed by atoms with Gasteiger partial charge in [-0.3, -0.25) is 4.99 Å². The minimum atomic E-state index is -0.189. The lowest BCUT2D eigenvalue weighted by Crippen LogP contribution is -2.39. The van der Waals surface area contributed by atoms with Crippen LogP contribution in [-0.2, 0) is 6.54 Å². The molecule has 0 bridgehead atoms. The number of rotatable bonds is 6. The van der Waals surface area contributed by atoms with Crippen LogP contribution < -0.4 is 10.6 Å². The van der Waals surface area contributed by atoms with Gasteiger partial charge in [0.1, 0.15) is 5.82 Å². The first-order chi connectivity index (χ1) is 9.21. The molecule has 0 saturated carbocycles. The average Bonchev–Trinajstić information content (AvgIpc) is 2.44. The molecule has 0 spiro atoms. The van der Waals surface area contributed by atoms with Crippen molar-refractivity contribution in [3.8, 4) is 0 Å². The Balaban J connectivity index is 0.00000361. The quantitative estimate of drug-likeness (QED) is 0.441. The number of halogens is 2. The van der Waals surface area contributed by atoms with Crippen molar-refractivity contribution in [1.29, 1.82) is 0 Å². The van der Waals surface area contributed by atoms with E-state index in [-0.39, 0.29) is 29.8 Å². The third kappa shape index (κ3) is 6.54. The molecule has 1 aromatic carbocycles. The molecule has 3 nitrogen and oxygen atoms in total. The summed E-state index contributed by atoms with van der Waals surface area (Å²) in [6.45, 7) is 5.70. The van der Waals surface area contributed by atoms with Gasteiger partial charge in [0.2, 0.25) is 0 Å². The van der Waals surface area contributed by atoms with Crippen LogP contribution in [0.3, 0.4) is 0 Å². The molecule has 2 N–H and O–H groups in total. The van der Waals surface area contributed by atoms with Crippen LogP contribution in [0.1, 0.15) is 32.3 Å². The summed E-state index contributed by atoms with van der Waals surface area (Å²) in [6, 6.07) is 6.77. The van der Waals surface area contributed by atoms with Crippen LogP contribution in [0.25, 0.3) is 0 Å². The highest BCUT2D eigenvalue weighted by Gasteiger charge is 2.06. The molecule has 114 valence electrons. The zero-order valence-corrected chi connectivity index (χ0v) is 14.8. The van der Waals surface area contributed by atoms with Crippen LogP contribution in [0.4, 0.5) is 4.39 Å². The van der Waals surface area contributed by atoms with E-state index >= 15 is 0 Å². The Labute approximate surface area is 138 Å². The van der Waals surface area contributed by atoms with Gasteiger partial charge >= 0.3 is 0 Å². The molecule has 1 rings (SSSR count). The van der Waals surface area contributed by atoms with Gasteiger partial charge in [-0.2, -0.15) is 0 Å². The summed E-state index contributed by atoms with van der Waals surface area (Å²) in [4.78, 5) is 4.15. The van der Waals surface area contributed by atoms with Crippen molar-refractivity contribution in [2.45, 2.75) is 33.2 Å². The maximum atomic E-state index is 13.5. The second-order valence-electron chi connectivity index (χ2n) is 4.58. The normalized spacial score (nSPS) is 11.2. The van der Waals surface area contributed by atoms with E-state index in [1.54, 1.807) is 19.2 Å². The average molecular weight is 393 g/mol. The topological polar surface area (TPSA) is 36.4 Å². The van der Waals surface area contributed by atoms with E-state index in [4.69, 9.17) is 0 Å². The largest absolute Gasteiger partial charge is 0.356 e. The van der Waals surface area contributed by atoms with Crippen molar-refractivity contribution in [2.75, 3.05) is 13.6 Å². The summed E-state index contributed by atoms with van der Waals surface area (Å²) in [5.41, 5.74) is 0.646. The fourth-order valence-electron chi connectivity index (χ4n) is 1.86. The van der Waals surface area contributed by atoms with E-state index in [0.29, 0.717) is 18.0 Å². The predicted octanol–water partition coefficient (Wildman–Crippen LogP) is 3.54. The number of nitrogens with zero attached hydrogens (tertiary/aromatic N) is 1. The summed E-state index contributed by atoms with van der Waals surface area (Å²) >= 11 is 0. The molecular weight excluding hydrogens is 368 g/mol. The van der Waals surface area contributed by atoms with Gasteiger partial charge in [-0.15, -0.1) is 24.0 Å². The molecule has 0 fully saturated rings. The van der Waals surface area contributed by atoms with Crippen molar-refractivity contribution in [1.82, 2.24) is 10.6 Å². The fraction of sp³-hybridized carbons (Fsp3) is 0.533. The van der Waals surface area contributed by atoms with Gasteiger partial charge in [0.05, 0.1) is 0 Å². The Morgan fingerprint density at radius 1 is 1.20 bits per heavy atom. The van der Waals surface area contributed by atoms with Gasteiger partial charge in [-0.25, -0.2) is 4.39 Å². The second kappa shape index (κ2) is 10.9. The number of hydrogen-bond donors (Lipinski definition) is 2. The van der Waals surface area contributed by atoms with Gasteiger partial charge in [0, 0.05) is 25.7 Å². The molecular formula is C15H25FIN3. The molecule has 20 heavy (non-hydrogen) atoms. The molecule has 0 aromatic heterocycles. The molecule has 0 unspecified atom stereocenters. The van der Waals surface area contributed by atoms with Gasteiger partial charge in [-0.1, -0.05) is 44.9 Å². The molecule has 0 aliphatic heterocycles. The maximum absolute atomic E-state index is 13.5. The molecule has 0 radical (unpaired) electrons. The monoisotopic (exact) mass is 393 g/mol. The standard InChI is InChI=1S/C15H24FN3.HI/c1-4-12(5-2)10-18-15(17-3)19-11-13-8-6-7-9-14(13)16;/h6-9,12H,4-5,10-11H2,1-3H3,(H2,17,18,19);1H. The maximum Gasteiger partial charge on any atom is 0.191 e. The molecule has 0 aliphatic rings. The Morgan fingerprint density at radius 2 is 1.85 bits per heavy atom. The molecule has 1 aromatic rings. The van der Waals surface area contributed by atoms with Crippen LogP contribution in [0.5, 0.6) is 0 Å². The Kier molecular flexibility index (Phi) is 10.4.